The summed E-state index contributed by atoms with van der Waals surface area (Å²) in [5, 5.41) is 14.6. The zero-order valence-electron chi connectivity index (χ0n) is 16.4. The molecule has 1 saturated carbocycles. The number of hydrogen-bond donors (Lipinski definition) is 1. The van der Waals surface area contributed by atoms with Crippen LogP contribution in [0.1, 0.15) is 82.6 Å². The van der Waals surface area contributed by atoms with E-state index in [4.69, 9.17) is 15.6 Å². The first-order chi connectivity index (χ1) is 12.7. The van der Waals surface area contributed by atoms with Crippen molar-refractivity contribution in [2.24, 2.45) is 11.1 Å². The van der Waals surface area contributed by atoms with Crippen LogP contribution in [0.2, 0.25) is 0 Å². The van der Waals surface area contributed by atoms with Crippen molar-refractivity contribution >= 4 is 5.78 Å². The number of carbonyl (C=O) groups excluding carboxylic acids is 1. The first-order valence-corrected chi connectivity index (χ1v) is 9.65. The molecule has 1 aliphatic heterocycles. The molecule has 6 heteroatoms. The van der Waals surface area contributed by atoms with Crippen LogP contribution in [0.25, 0.3) is 0 Å². The second-order valence-corrected chi connectivity index (χ2v) is 9.01. The van der Waals surface area contributed by atoms with Crippen molar-refractivity contribution in [3.8, 4) is 6.07 Å². The van der Waals surface area contributed by atoms with Crippen LogP contribution in [-0.4, -0.2) is 15.6 Å². The van der Waals surface area contributed by atoms with Crippen LogP contribution in [0.15, 0.2) is 28.9 Å². The molecule has 1 unspecified atom stereocenters. The first-order valence-electron chi connectivity index (χ1n) is 9.65. The lowest BCUT2D eigenvalue weighted by atomic mass is 9.71. The minimum atomic E-state index is -0.496. The standard InChI is InChI=1S/C21H26N4O2/c1-11(2)25-15(7-14(24-25)12-5-6-12)18-13(10-22)20(23)27-17-9-21(3,4)8-16(26)19(17)18/h7,11-12,18H,5-6,8-9,23H2,1-4H3. The molecule has 1 fully saturated rings. The molecule has 1 atom stereocenters. The third-order valence-corrected chi connectivity index (χ3v) is 5.64. The van der Waals surface area contributed by atoms with Gasteiger partial charge in [-0.3, -0.25) is 9.48 Å². The zero-order valence-corrected chi connectivity index (χ0v) is 16.4. The molecule has 27 heavy (non-hydrogen) atoms. The number of hydrogen-bond acceptors (Lipinski definition) is 5. The van der Waals surface area contributed by atoms with Gasteiger partial charge in [-0.1, -0.05) is 13.8 Å². The SMILES string of the molecule is CC(C)n1nc(C2CC2)cc1C1C(C#N)=C(N)OC2=C1C(=O)CC(C)(C)C2. The fraction of sp³-hybridized carbons (Fsp3) is 0.571. The Bertz CT molecular complexity index is 922. The molecule has 142 valence electrons. The Hall–Kier alpha value is -2.55. The molecule has 2 N–H and O–H groups in total. The summed E-state index contributed by atoms with van der Waals surface area (Å²) in [5.74, 6) is 0.754. The number of nitrogens with zero attached hydrogens (tertiary/aromatic N) is 3. The van der Waals surface area contributed by atoms with Crippen LogP contribution in [0.3, 0.4) is 0 Å². The lowest BCUT2D eigenvalue weighted by Gasteiger charge is -2.37. The number of carbonyl (C=O) groups is 1. The van der Waals surface area contributed by atoms with Crippen molar-refractivity contribution in [2.75, 3.05) is 0 Å². The normalized spacial score (nSPS) is 24.7. The van der Waals surface area contributed by atoms with Gasteiger partial charge in [0.05, 0.1) is 17.3 Å². The molecule has 4 rings (SSSR count). The summed E-state index contributed by atoms with van der Waals surface area (Å²) in [6.45, 7) is 8.23. The average molecular weight is 366 g/mol. The first kappa shape index (κ1) is 17.8. The number of Topliss-reactive ketones (excluding diaryl/α,β-unsaturated/α-hetero) is 1. The Morgan fingerprint density at radius 1 is 1.37 bits per heavy atom. The molecule has 0 aromatic carbocycles. The fourth-order valence-corrected chi connectivity index (χ4v) is 4.22. The highest BCUT2D eigenvalue weighted by atomic mass is 16.5. The van der Waals surface area contributed by atoms with E-state index in [0.717, 1.165) is 24.2 Å². The van der Waals surface area contributed by atoms with Crippen LogP contribution in [0, 0.1) is 16.7 Å². The molecule has 0 bridgehead atoms. The monoisotopic (exact) mass is 366 g/mol. The van der Waals surface area contributed by atoms with Crippen molar-refractivity contribution in [3.05, 3.63) is 40.2 Å². The van der Waals surface area contributed by atoms with Gasteiger partial charge in [-0.05, 0) is 38.2 Å². The lowest BCUT2D eigenvalue weighted by molar-refractivity contribution is -0.119. The van der Waals surface area contributed by atoms with Gasteiger partial charge in [-0.25, -0.2) is 0 Å². The largest absolute Gasteiger partial charge is 0.444 e. The Morgan fingerprint density at radius 2 is 2.07 bits per heavy atom. The molecule has 3 aliphatic rings. The third kappa shape index (κ3) is 2.95. The quantitative estimate of drug-likeness (QED) is 0.878. The number of nitrogens with two attached hydrogens (primary N) is 1. The van der Waals surface area contributed by atoms with E-state index in [-0.39, 0.29) is 23.1 Å². The summed E-state index contributed by atoms with van der Waals surface area (Å²) in [6, 6.07) is 4.39. The van der Waals surface area contributed by atoms with Crippen molar-refractivity contribution in [2.45, 2.75) is 71.3 Å². The van der Waals surface area contributed by atoms with Gasteiger partial charge in [0.15, 0.2) is 5.78 Å². The van der Waals surface area contributed by atoms with E-state index in [9.17, 15) is 10.1 Å². The second-order valence-electron chi connectivity index (χ2n) is 9.01. The van der Waals surface area contributed by atoms with Gasteiger partial charge in [0.1, 0.15) is 17.4 Å². The number of ether oxygens (including phenoxy) is 1. The maximum atomic E-state index is 13.1. The highest BCUT2D eigenvalue weighted by Gasteiger charge is 2.44. The van der Waals surface area contributed by atoms with Gasteiger partial charge in [-0.2, -0.15) is 10.4 Å². The second kappa shape index (κ2) is 5.98. The maximum absolute atomic E-state index is 13.1. The van der Waals surface area contributed by atoms with E-state index in [1.165, 1.54) is 0 Å². The van der Waals surface area contributed by atoms with Gasteiger partial charge < -0.3 is 10.5 Å². The predicted molar refractivity (Wildman–Crippen MR) is 100 cm³/mol. The third-order valence-electron chi connectivity index (χ3n) is 5.64. The van der Waals surface area contributed by atoms with Gasteiger partial charge in [-0.15, -0.1) is 0 Å². The van der Waals surface area contributed by atoms with Gasteiger partial charge >= 0.3 is 0 Å². The molecule has 0 saturated heterocycles. The van der Waals surface area contributed by atoms with Crippen LogP contribution in [0.4, 0.5) is 0 Å². The minimum Gasteiger partial charge on any atom is -0.444 e. The predicted octanol–water partition coefficient (Wildman–Crippen LogP) is 3.79. The Kier molecular flexibility index (Phi) is 3.95. The summed E-state index contributed by atoms with van der Waals surface area (Å²) >= 11 is 0. The molecular weight excluding hydrogens is 340 g/mol. The Morgan fingerprint density at radius 3 is 2.67 bits per heavy atom. The Labute approximate surface area is 159 Å². The average Bonchev–Trinajstić information content (AvgIpc) is 3.31. The van der Waals surface area contributed by atoms with Gasteiger partial charge in [0, 0.05) is 30.4 Å². The summed E-state index contributed by atoms with van der Waals surface area (Å²) in [4.78, 5) is 13.1. The summed E-state index contributed by atoms with van der Waals surface area (Å²) in [6.07, 6.45) is 3.36. The van der Waals surface area contributed by atoms with Crippen LogP contribution in [0.5, 0.6) is 0 Å². The maximum Gasteiger partial charge on any atom is 0.205 e. The number of allylic oxidation sites excluding steroid dienone is 3. The molecule has 0 spiro atoms. The molecule has 1 aromatic heterocycles. The minimum absolute atomic E-state index is 0.0379. The summed E-state index contributed by atoms with van der Waals surface area (Å²) in [7, 11) is 0. The highest BCUT2D eigenvalue weighted by Crippen LogP contribution is 2.49. The lowest BCUT2D eigenvalue weighted by Crippen LogP contribution is -2.34. The number of aromatic nitrogens is 2. The van der Waals surface area contributed by atoms with E-state index in [0.29, 0.717) is 35.7 Å². The molecule has 2 heterocycles. The van der Waals surface area contributed by atoms with Crippen LogP contribution in [-0.2, 0) is 9.53 Å². The van der Waals surface area contributed by atoms with E-state index in [2.05, 4.69) is 39.8 Å². The molecule has 0 radical (unpaired) electrons. The molecule has 2 aliphatic carbocycles. The Balaban J connectivity index is 1.90. The van der Waals surface area contributed by atoms with Crippen molar-refractivity contribution < 1.29 is 9.53 Å². The summed E-state index contributed by atoms with van der Waals surface area (Å²) < 4.78 is 7.73. The van der Waals surface area contributed by atoms with Crippen molar-refractivity contribution in [1.82, 2.24) is 9.78 Å². The van der Waals surface area contributed by atoms with Crippen molar-refractivity contribution in [1.29, 1.82) is 5.26 Å². The van der Waals surface area contributed by atoms with Gasteiger partial charge in [0.25, 0.3) is 0 Å². The van der Waals surface area contributed by atoms with Crippen molar-refractivity contribution in [3.63, 3.8) is 0 Å². The molecular formula is C21H26N4O2. The topological polar surface area (TPSA) is 93.9 Å². The van der Waals surface area contributed by atoms with Crippen LogP contribution >= 0.6 is 0 Å². The molecule has 6 nitrogen and oxygen atoms in total. The van der Waals surface area contributed by atoms with E-state index in [1.807, 2.05) is 4.68 Å². The highest BCUT2D eigenvalue weighted by molar-refractivity contribution is 5.99. The molecule has 1 aromatic rings. The van der Waals surface area contributed by atoms with E-state index >= 15 is 0 Å². The molecule has 0 amide bonds. The number of nitriles is 1. The van der Waals surface area contributed by atoms with Crippen LogP contribution < -0.4 is 5.73 Å². The summed E-state index contributed by atoms with van der Waals surface area (Å²) in [5.41, 5.74) is 8.76. The van der Waals surface area contributed by atoms with Gasteiger partial charge in [0.2, 0.25) is 5.88 Å². The smallest absolute Gasteiger partial charge is 0.205 e. The number of ketones is 1. The van der Waals surface area contributed by atoms with E-state index in [1.54, 1.807) is 0 Å². The fourth-order valence-electron chi connectivity index (χ4n) is 4.22. The van der Waals surface area contributed by atoms with E-state index < -0.39 is 5.92 Å². The zero-order chi connectivity index (χ0) is 19.5. The number of rotatable bonds is 3.